The summed E-state index contributed by atoms with van der Waals surface area (Å²) in [5.41, 5.74) is 2.36. The molecule has 17 heavy (non-hydrogen) atoms. The lowest BCUT2D eigenvalue weighted by molar-refractivity contribution is -0.117. The maximum Gasteiger partial charge on any atom is 0.232 e. The van der Waals surface area contributed by atoms with E-state index in [4.69, 9.17) is 5.26 Å². The monoisotopic (exact) mass is 227 g/mol. The Bertz CT molecular complexity index is 502. The van der Waals surface area contributed by atoms with E-state index in [0.29, 0.717) is 18.7 Å². The Labute approximate surface area is 100 Å². The van der Waals surface area contributed by atoms with Crippen LogP contribution in [0.5, 0.6) is 0 Å². The van der Waals surface area contributed by atoms with E-state index in [-0.39, 0.29) is 12.3 Å². The number of benzene rings is 1. The summed E-state index contributed by atoms with van der Waals surface area (Å²) < 4.78 is 0. The lowest BCUT2D eigenvalue weighted by Crippen LogP contribution is -2.30. The van der Waals surface area contributed by atoms with Gasteiger partial charge in [0.15, 0.2) is 0 Å². The van der Waals surface area contributed by atoms with E-state index < -0.39 is 0 Å². The third kappa shape index (κ3) is 2.28. The molecule has 4 nitrogen and oxygen atoms in total. The van der Waals surface area contributed by atoms with Gasteiger partial charge in [-0.3, -0.25) is 4.79 Å². The Hall–Kier alpha value is -2.28. The highest BCUT2D eigenvalue weighted by Crippen LogP contribution is 2.30. The Morgan fingerprint density at radius 1 is 1.47 bits per heavy atom. The summed E-state index contributed by atoms with van der Waals surface area (Å²) in [6.45, 7) is 4.23. The van der Waals surface area contributed by atoms with Crippen LogP contribution in [0, 0.1) is 11.3 Å². The van der Waals surface area contributed by atoms with Crippen molar-refractivity contribution in [1.82, 2.24) is 0 Å². The third-order valence-corrected chi connectivity index (χ3v) is 2.62. The van der Waals surface area contributed by atoms with Crippen LogP contribution in [-0.2, 0) is 4.79 Å². The normalized spacial score (nSPS) is 14.6. The molecule has 2 rings (SSSR count). The van der Waals surface area contributed by atoms with Gasteiger partial charge in [-0.1, -0.05) is 18.7 Å². The fraction of sp³-hybridized carbons (Fsp3) is 0.231. The average Bonchev–Trinajstić information content (AvgIpc) is 2.42. The van der Waals surface area contributed by atoms with Crippen molar-refractivity contribution in [2.75, 3.05) is 16.8 Å². The van der Waals surface area contributed by atoms with E-state index in [1.54, 1.807) is 4.90 Å². The molecule has 1 aromatic rings. The van der Waals surface area contributed by atoms with E-state index in [9.17, 15) is 4.79 Å². The molecule has 1 aliphatic heterocycles. The number of nitriles is 1. The van der Waals surface area contributed by atoms with Gasteiger partial charge in [0, 0.05) is 12.2 Å². The van der Waals surface area contributed by atoms with Crippen molar-refractivity contribution in [2.24, 2.45) is 0 Å². The number of nitrogens with one attached hydrogen (secondary N) is 1. The van der Waals surface area contributed by atoms with Gasteiger partial charge in [-0.25, -0.2) is 0 Å². The lowest BCUT2D eigenvalue weighted by Gasteiger charge is -2.20. The predicted molar refractivity (Wildman–Crippen MR) is 66.4 cm³/mol. The van der Waals surface area contributed by atoms with Crippen LogP contribution in [0.3, 0.4) is 0 Å². The average molecular weight is 227 g/mol. The molecule has 0 radical (unpaired) electrons. The minimum absolute atomic E-state index is 0.0253. The molecule has 0 bridgehead atoms. The molecule has 0 saturated heterocycles. The molecule has 0 aliphatic carbocycles. The number of para-hydroxylation sites is 2. The first-order chi connectivity index (χ1) is 8.22. The summed E-state index contributed by atoms with van der Waals surface area (Å²) in [4.78, 5) is 13.7. The number of anilines is 2. The second kappa shape index (κ2) is 4.71. The molecule has 1 N–H and O–H groups in total. The van der Waals surface area contributed by atoms with Gasteiger partial charge < -0.3 is 10.2 Å². The first-order valence-corrected chi connectivity index (χ1v) is 5.43. The molecule has 0 unspecified atom stereocenters. The minimum atomic E-state index is -0.0253. The SMILES string of the molecule is C=C1CC(=O)N(CCC#N)c2ccccc2N1. The number of nitrogens with zero attached hydrogens (tertiary/aromatic N) is 2. The predicted octanol–water partition coefficient (Wildman–Crippen LogP) is 2.26. The van der Waals surface area contributed by atoms with Crippen LogP contribution >= 0.6 is 0 Å². The molecule has 1 aliphatic rings. The number of hydrogen-bond donors (Lipinski definition) is 1. The van der Waals surface area contributed by atoms with Crippen LogP contribution < -0.4 is 10.2 Å². The quantitative estimate of drug-likeness (QED) is 0.843. The fourth-order valence-electron chi connectivity index (χ4n) is 1.87. The summed E-state index contributed by atoms with van der Waals surface area (Å²) >= 11 is 0. The van der Waals surface area contributed by atoms with E-state index in [2.05, 4.69) is 18.0 Å². The van der Waals surface area contributed by atoms with Gasteiger partial charge in [0.25, 0.3) is 0 Å². The van der Waals surface area contributed by atoms with Crippen LogP contribution in [0.2, 0.25) is 0 Å². The largest absolute Gasteiger partial charge is 0.357 e. The van der Waals surface area contributed by atoms with Crippen LogP contribution in [0.25, 0.3) is 0 Å². The third-order valence-electron chi connectivity index (χ3n) is 2.62. The molecule has 0 aromatic heterocycles. The zero-order valence-corrected chi connectivity index (χ0v) is 9.44. The molecule has 0 saturated carbocycles. The van der Waals surface area contributed by atoms with Gasteiger partial charge in [-0.15, -0.1) is 0 Å². The summed E-state index contributed by atoms with van der Waals surface area (Å²) in [7, 11) is 0. The van der Waals surface area contributed by atoms with Crippen molar-refractivity contribution >= 4 is 17.3 Å². The molecule has 0 fully saturated rings. The molecule has 0 spiro atoms. The first-order valence-electron chi connectivity index (χ1n) is 5.43. The standard InChI is InChI=1S/C13H13N3O/c1-10-9-13(17)16(8-4-7-14)12-6-3-2-5-11(12)15-10/h2-3,5-6,15H,1,4,8-9H2. The Kier molecular flexibility index (Phi) is 3.10. The summed E-state index contributed by atoms with van der Waals surface area (Å²) in [6, 6.07) is 9.61. The van der Waals surface area contributed by atoms with Crippen molar-refractivity contribution in [3.05, 3.63) is 36.5 Å². The molecule has 0 atom stereocenters. The zero-order chi connectivity index (χ0) is 12.3. The number of carbonyl (C=O) groups excluding carboxylic acids is 1. The van der Waals surface area contributed by atoms with Crippen molar-refractivity contribution in [3.63, 3.8) is 0 Å². The lowest BCUT2D eigenvalue weighted by atomic mass is 10.2. The van der Waals surface area contributed by atoms with Crippen LogP contribution in [0.4, 0.5) is 11.4 Å². The highest BCUT2D eigenvalue weighted by Gasteiger charge is 2.22. The number of carbonyl (C=O) groups is 1. The van der Waals surface area contributed by atoms with Crippen molar-refractivity contribution in [2.45, 2.75) is 12.8 Å². The van der Waals surface area contributed by atoms with Gasteiger partial charge >= 0.3 is 0 Å². The van der Waals surface area contributed by atoms with Gasteiger partial charge in [-0.05, 0) is 12.1 Å². The molecule has 1 aromatic carbocycles. The number of fused-ring (bicyclic) bond motifs is 1. The summed E-state index contributed by atoms with van der Waals surface area (Å²) in [6.07, 6.45) is 0.590. The number of rotatable bonds is 2. The highest BCUT2D eigenvalue weighted by atomic mass is 16.2. The molecular formula is C13H13N3O. The highest BCUT2D eigenvalue weighted by molar-refractivity contribution is 6.00. The number of amides is 1. The van der Waals surface area contributed by atoms with E-state index in [1.807, 2.05) is 24.3 Å². The van der Waals surface area contributed by atoms with Crippen LogP contribution in [-0.4, -0.2) is 12.5 Å². The smallest absolute Gasteiger partial charge is 0.232 e. The Morgan fingerprint density at radius 3 is 3.00 bits per heavy atom. The van der Waals surface area contributed by atoms with E-state index in [0.717, 1.165) is 11.4 Å². The molecule has 4 heteroatoms. The van der Waals surface area contributed by atoms with E-state index >= 15 is 0 Å². The second-order valence-electron chi connectivity index (χ2n) is 3.88. The van der Waals surface area contributed by atoms with Crippen LogP contribution in [0.15, 0.2) is 36.5 Å². The molecule has 86 valence electrons. The Morgan fingerprint density at radius 2 is 2.24 bits per heavy atom. The van der Waals surface area contributed by atoms with Crippen molar-refractivity contribution < 1.29 is 4.79 Å². The van der Waals surface area contributed by atoms with Gasteiger partial charge in [0.2, 0.25) is 5.91 Å². The van der Waals surface area contributed by atoms with Crippen molar-refractivity contribution in [1.29, 1.82) is 5.26 Å². The molecule has 1 amide bonds. The van der Waals surface area contributed by atoms with Gasteiger partial charge in [0.05, 0.1) is 30.3 Å². The van der Waals surface area contributed by atoms with Gasteiger partial charge in [-0.2, -0.15) is 5.26 Å². The minimum Gasteiger partial charge on any atom is -0.357 e. The molecule has 1 heterocycles. The summed E-state index contributed by atoms with van der Waals surface area (Å²) in [5, 5.41) is 11.8. The van der Waals surface area contributed by atoms with Crippen LogP contribution in [0.1, 0.15) is 12.8 Å². The topological polar surface area (TPSA) is 56.1 Å². The fourth-order valence-corrected chi connectivity index (χ4v) is 1.87. The van der Waals surface area contributed by atoms with Crippen molar-refractivity contribution in [3.8, 4) is 6.07 Å². The maximum atomic E-state index is 12.0. The maximum absolute atomic E-state index is 12.0. The first kappa shape index (κ1) is 11.2. The number of hydrogen-bond acceptors (Lipinski definition) is 3. The second-order valence-corrected chi connectivity index (χ2v) is 3.88. The zero-order valence-electron chi connectivity index (χ0n) is 9.44. The summed E-state index contributed by atoms with van der Waals surface area (Å²) in [5.74, 6) is -0.0253. The van der Waals surface area contributed by atoms with Gasteiger partial charge in [0.1, 0.15) is 0 Å². The van der Waals surface area contributed by atoms with E-state index in [1.165, 1.54) is 0 Å². The molecular weight excluding hydrogens is 214 g/mol. The Balaban J connectivity index is 2.39.